The first-order valence-corrected chi connectivity index (χ1v) is 8.09. The highest BCUT2D eigenvalue weighted by molar-refractivity contribution is 7.91. The Balaban J connectivity index is 2.29. The van der Waals surface area contributed by atoms with Gasteiger partial charge in [0.25, 0.3) is 0 Å². The molecule has 0 bridgehead atoms. The zero-order chi connectivity index (χ0) is 14.8. The number of hydrazine groups is 1. The molecule has 0 radical (unpaired) electrons. The molecule has 1 aliphatic rings. The zero-order valence-corrected chi connectivity index (χ0v) is 12.4. The topological polar surface area (TPSA) is 117 Å². The van der Waals surface area contributed by atoms with Crippen LogP contribution >= 0.6 is 0 Å². The fourth-order valence-electron chi connectivity index (χ4n) is 1.90. The monoisotopic (exact) mass is 301 g/mol. The minimum absolute atomic E-state index is 0.112. The second-order valence-corrected chi connectivity index (χ2v) is 7.09. The molecule has 0 amide bonds. The first-order valence-electron chi connectivity index (χ1n) is 6.27. The van der Waals surface area contributed by atoms with Crippen LogP contribution in [0.3, 0.4) is 0 Å². The normalized spacial score (nSPS) is 18.4. The van der Waals surface area contributed by atoms with Gasteiger partial charge in [-0.2, -0.15) is 15.0 Å². The van der Waals surface area contributed by atoms with E-state index in [0.29, 0.717) is 31.4 Å². The van der Waals surface area contributed by atoms with E-state index in [4.69, 9.17) is 5.84 Å². The zero-order valence-electron chi connectivity index (χ0n) is 11.6. The van der Waals surface area contributed by atoms with Crippen LogP contribution in [0, 0.1) is 0 Å². The quantitative estimate of drug-likeness (QED) is 0.527. The molecule has 0 aliphatic carbocycles. The Morgan fingerprint density at radius 3 is 2.60 bits per heavy atom. The fraction of sp³-hybridized carbons (Fsp3) is 0.700. The average Bonchev–Trinajstić information content (AvgIpc) is 2.59. The van der Waals surface area contributed by atoms with Crippen LogP contribution in [0.15, 0.2) is 0 Å². The molecule has 0 unspecified atom stereocenters. The SMILES string of the molecule is CN(C)c1nc(NN)nc(N2CCCS(=O)(=O)CC2)n1. The Morgan fingerprint density at radius 2 is 1.95 bits per heavy atom. The Bertz CT molecular complexity index is 575. The summed E-state index contributed by atoms with van der Waals surface area (Å²) >= 11 is 0. The first-order chi connectivity index (χ1) is 9.41. The van der Waals surface area contributed by atoms with Crippen molar-refractivity contribution in [1.82, 2.24) is 15.0 Å². The number of anilines is 3. The number of hydrogen-bond acceptors (Lipinski definition) is 9. The molecule has 9 nitrogen and oxygen atoms in total. The summed E-state index contributed by atoms with van der Waals surface area (Å²) in [4.78, 5) is 16.2. The van der Waals surface area contributed by atoms with E-state index in [2.05, 4.69) is 20.4 Å². The van der Waals surface area contributed by atoms with E-state index in [0.717, 1.165) is 0 Å². The molecule has 2 rings (SSSR count). The van der Waals surface area contributed by atoms with Crippen LogP contribution < -0.4 is 21.1 Å². The van der Waals surface area contributed by atoms with Gasteiger partial charge in [0.05, 0.1) is 11.5 Å². The number of sulfone groups is 1. The summed E-state index contributed by atoms with van der Waals surface area (Å²) in [7, 11) is 0.658. The third-order valence-electron chi connectivity index (χ3n) is 2.98. The van der Waals surface area contributed by atoms with Crippen molar-refractivity contribution < 1.29 is 8.42 Å². The van der Waals surface area contributed by atoms with Gasteiger partial charge in [-0.1, -0.05) is 0 Å². The Labute approximate surface area is 118 Å². The molecule has 10 heteroatoms. The summed E-state index contributed by atoms with van der Waals surface area (Å²) < 4.78 is 23.3. The molecule has 3 N–H and O–H groups in total. The van der Waals surface area contributed by atoms with Crippen LogP contribution in [0.25, 0.3) is 0 Å². The smallest absolute Gasteiger partial charge is 0.243 e. The second kappa shape index (κ2) is 5.75. The summed E-state index contributed by atoms with van der Waals surface area (Å²) in [5, 5.41) is 0. The van der Waals surface area contributed by atoms with Gasteiger partial charge >= 0.3 is 0 Å². The molecule has 1 aromatic rings. The largest absolute Gasteiger partial charge is 0.347 e. The lowest BCUT2D eigenvalue weighted by Gasteiger charge is -2.21. The van der Waals surface area contributed by atoms with Crippen LogP contribution in [0.5, 0.6) is 0 Å². The maximum Gasteiger partial charge on any atom is 0.243 e. The highest BCUT2D eigenvalue weighted by Gasteiger charge is 2.22. The Morgan fingerprint density at radius 1 is 1.20 bits per heavy atom. The molecule has 1 fully saturated rings. The highest BCUT2D eigenvalue weighted by atomic mass is 32.2. The number of hydrogen-bond donors (Lipinski definition) is 2. The molecule has 0 saturated carbocycles. The molecule has 112 valence electrons. The van der Waals surface area contributed by atoms with Crippen molar-refractivity contribution in [2.45, 2.75) is 6.42 Å². The minimum atomic E-state index is -2.97. The van der Waals surface area contributed by atoms with Gasteiger partial charge in [0, 0.05) is 27.2 Å². The molecule has 1 aliphatic heterocycles. The predicted octanol–water partition coefficient (Wildman–Crippen LogP) is -1.15. The van der Waals surface area contributed by atoms with Gasteiger partial charge in [-0.15, -0.1) is 0 Å². The third-order valence-corrected chi connectivity index (χ3v) is 4.69. The van der Waals surface area contributed by atoms with E-state index in [9.17, 15) is 8.42 Å². The van der Waals surface area contributed by atoms with Crippen LogP contribution in [0.4, 0.5) is 17.8 Å². The fourth-order valence-corrected chi connectivity index (χ4v) is 3.17. The van der Waals surface area contributed by atoms with Crippen LogP contribution in [0.1, 0.15) is 6.42 Å². The second-order valence-electron chi connectivity index (χ2n) is 4.79. The molecule has 20 heavy (non-hydrogen) atoms. The molecule has 0 atom stereocenters. The van der Waals surface area contributed by atoms with Gasteiger partial charge in [-0.05, 0) is 6.42 Å². The molecule has 1 saturated heterocycles. The van der Waals surface area contributed by atoms with Crippen molar-refractivity contribution >= 4 is 27.7 Å². The number of aromatic nitrogens is 3. The van der Waals surface area contributed by atoms with E-state index >= 15 is 0 Å². The summed E-state index contributed by atoms with van der Waals surface area (Å²) in [6.07, 6.45) is 0.566. The van der Waals surface area contributed by atoms with Crippen molar-refractivity contribution in [3.63, 3.8) is 0 Å². The van der Waals surface area contributed by atoms with Crippen molar-refractivity contribution in [2.75, 3.05) is 53.9 Å². The third kappa shape index (κ3) is 3.45. The Kier molecular flexibility index (Phi) is 4.23. The maximum atomic E-state index is 11.6. The van der Waals surface area contributed by atoms with Gasteiger partial charge in [-0.25, -0.2) is 14.3 Å². The Hall–Kier alpha value is -1.68. The van der Waals surface area contributed by atoms with Crippen LogP contribution in [0.2, 0.25) is 0 Å². The van der Waals surface area contributed by atoms with Crippen LogP contribution in [-0.2, 0) is 9.84 Å². The van der Waals surface area contributed by atoms with Crippen LogP contribution in [-0.4, -0.2) is 62.1 Å². The average molecular weight is 301 g/mol. The van der Waals surface area contributed by atoms with Gasteiger partial charge < -0.3 is 9.80 Å². The lowest BCUT2D eigenvalue weighted by Crippen LogP contribution is -2.30. The lowest BCUT2D eigenvalue weighted by molar-refractivity contribution is 0.597. The molecule has 0 spiro atoms. The molecular weight excluding hydrogens is 282 g/mol. The summed E-state index contributed by atoms with van der Waals surface area (Å²) in [6, 6.07) is 0. The van der Waals surface area contributed by atoms with Gasteiger partial charge in [0.15, 0.2) is 9.84 Å². The van der Waals surface area contributed by atoms with E-state index in [-0.39, 0.29) is 17.5 Å². The predicted molar refractivity (Wildman–Crippen MR) is 77.4 cm³/mol. The molecular formula is C10H19N7O2S. The number of nitrogens with one attached hydrogen (secondary N) is 1. The number of rotatable bonds is 3. The van der Waals surface area contributed by atoms with Crippen molar-refractivity contribution in [3.05, 3.63) is 0 Å². The standard InChI is InChI=1S/C10H19N7O2S/c1-16(2)9-12-8(15-11)13-10(14-9)17-4-3-6-20(18,19)7-5-17/h3-7,11H2,1-2H3,(H,12,13,14,15). The highest BCUT2D eigenvalue weighted by Crippen LogP contribution is 2.17. The lowest BCUT2D eigenvalue weighted by atomic mass is 10.4. The molecule has 2 heterocycles. The number of nitrogens with zero attached hydrogens (tertiary/aromatic N) is 5. The van der Waals surface area contributed by atoms with E-state index in [1.165, 1.54) is 0 Å². The van der Waals surface area contributed by atoms with Gasteiger partial charge in [0.2, 0.25) is 17.8 Å². The molecule has 0 aromatic carbocycles. The number of nitrogens with two attached hydrogens (primary N) is 1. The summed E-state index contributed by atoms with van der Waals surface area (Å²) in [5.41, 5.74) is 2.40. The minimum Gasteiger partial charge on any atom is -0.347 e. The van der Waals surface area contributed by atoms with Gasteiger partial charge in [0.1, 0.15) is 0 Å². The van der Waals surface area contributed by atoms with Crippen molar-refractivity contribution in [2.24, 2.45) is 5.84 Å². The van der Waals surface area contributed by atoms with Crippen molar-refractivity contribution in [1.29, 1.82) is 0 Å². The maximum absolute atomic E-state index is 11.6. The van der Waals surface area contributed by atoms with Crippen molar-refractivity contribution in [3.8, 4) is 0 Å². The van der Waals surface area contributed by atoms with E-state index in [1.807, 2.05) is 19.0 Å². The molecule has 1 aromatic heterocycles. The summed E-state index contributed by atoms with van der Waals surface area (Å²) in [5.74, 6) is 6.84. The summed E-state index contributed by atoms with van der Waals surface area (Å²) in [6.45, 7) is 0.976. The van der Waals surface area contributed by atoms with E-state index < -0.39 is 9.84 Å². The number of nitrogen functional groups attached to an aromatic ring is 1. The first kappa shape index (κ1) is 14.7. The van der Waals surface area contributed by atoms with Gasteiger partial charge in [-0.3, -0.25) is 5.43 Å². The van der Waals surface area contributed by atoms with E-state index in [1.54, 1.807) is 4.90 Å².